The van der Waals surface area contributed by atoms with Crippen LogP contribution in [0.4, 0.5) is 11.4 Å². The molecule has 0 radical (unpaired) electrons. The average Bonchev–Trinajstić information content (AvgIpc) is 2.83. The van der Waals surface area contributed by atoms with E-state index in [0.717, 1.165) is 49.3 Å². The maximum atomic E-state index is 12.4. The van der Waals surface area contributed by atoms with E-state index < -0.39 is 6.04 Å². The van der Waals surface area contributed by atoms with Crippen LogP contribution in [0.1, 0.15) is 28.3 Å². The number of rotatable bonds is 11. The Morgan fingerprint density at radius 2 is 1.56 bits per heavy atom. The number of para-hydroxylation sites is 2. The van der Waals surface area contributed by atoms with Gasteiger partial charge in [0.1, 0.15) is 12.3 Å². The van der Waals surface area contributed by atoms with Crippen molar-refractivity contribution < 1.29 is 9.90 Å². The highest BCUT2D eigenvalue weighted by atomic mass is 16.3. The van der Waals surface area contributed by atoms with Crippen LogP contribution in [0.15, 0.2) is 72.8 Å². The van der Waals surface area contributed by atoms with Crippen molar-refractivity contribution in [2.24, 2.45) is 5.92 Å². The number of aliphatic hydroxyl groups excluding tert-OH is 1. The van der Waals surface area contributed by atoms with Gasteiger partial charge in [-0.3, -0.25) is 4.90 Å². The van der Waals surface area contributed by atoms with Crippen molar-refractivity contribution in [2.75, 3.05) is 36.9 Å². The zero-order valence-electron chi connectivity index (χ0n) is 20.1. The first-order chi connectivity index (χ1) is 16.6. The fraction of sp³-hybridized carbons (Fsp3) is 0.345. The SMILES string of the molecule is Cc1ccc(CCNc2ccccc2N[C@H](C=O)C(c2ccc(C)cc2)N2CC(CO)C2)cc1. The van der Waals surface area contributed by atoms with Crippen LogP contribution in [-0.4, -0.2) is 48.6 Å². The third-order valence-corrected chi connectivity index (χ3v) is 6.64. The lowest BCUT2D eigenvalue weighted by molar-refractivity contribution is -0.110. The van der Waals surface area contributed by atoms with Crippen LogP contribution in [0.2, 0.25) is 0 Å². The summed E-state index contributed by atoms with van der Waals surface area (Å²) in [6.07, 6.45) is 1.94. The van der Waals surface area contributed by atoms with Gasteiger partial charge in [0.15, 0.2) is 0 Å². The molecule has 5 nitrogen and oxygen atoms in total. The summed E-state index contributed by atoms with van der Waals surface area (Å²) in [4.78, 5) is 14.6. The monoisotopic (exact) mass is 457 g/mol. The molecule has 4 rings (SSSR count). The number of benzene rings is 3. The minimum atomic E-state index is -0.414. The molecule has 1 aliphatic rings. The van der Waals surface area contributed by atoms with E-state index in [9.17, 15) is 9.90 Å². The van der Waals surface area contributed by atoms with Crippen LogP contribution < -0.4 is 10.6 Å². The minimum Gasteiger partial charge on any atom is -0.396 e. The van der Waals surface area contributed by atoms with Crippen LogP contribution in [0, 0.1) is 19.8 Å². The molecule has 3 N–H and O–H groups in total. The van der Waals surface area contributed by atoms with Gasteiger partial charge in [-0.05, 0) is 43.5 Å². The molecule has 34 heavy (non-hydrogen) atoms. The molecule has 178 valence electrons. The Labute approximate surface area is 202 Å². The van der Waals surface area contributed by atoms with Crippen molar-refractivity contribution in [2.45, 2.75) is 32.4 Å². The zero-order valence-corrected chi connectivity index (χ0v) is 20.1. The quantitative estimate of drug-likeness (QED) is 0.367. The molecule has 1 aliphatic heterocycles. The first-order valence-electron chi connectivity index (χ1n) is 12.1. The summed E-state index contributed by atoms with van der Waals surface area (Å²) >= 11 is 0. The minimum absolute atomic E-state index is 0.0958. The third-order valence-electron chi connectivity index (χ3n) is 6.64. The summed E-state index contributed by atoms with van der Waals surface area (Å²) in [5.74, 6) is 0.274. The predicted molar refractivity (Wildman–Crippen MR) is 139 cm³/mol. The summed E-state index contributed by atoms with van der Waals surface area (Å²) in [7, 11) is 0. The molecular weight excluding hydrogens is 422 g/mol. The lowest BCUT2D eigenvalue weighted by atomic mass is 9.90. The lowest BCUT2D eigenvalue weighted by Crippen LogP contribution is -2.54. The molecule has 3 aromatic rings. The highest BCUT2D eigenvalue weighted by Crippen LogP contribution is 2.33. The topological polar surface area (TPSA) is 64.6 Å². The molecule has 3 aromatic carbocycles. The van der Waals surface area contributed by atoms with Gasteiger partial charge in [0.2, 0.25) is 0 Å². The van der Waals surface area contributed by atoms with Crippen molar-refractivity contribution in [3.05, 3.63) is 95.1 Å². The van der Waals surface area contributed by atoms with Gasteiger partial charge in [0.05, 0.1) is 17.4 Å². The van der Waals surface area contributed by atoms with Crippen LogP contribution >= 0.6 is 0 Å². The van der Waals surface area contributed by atoms with Crippen molar-refractivity contribution in [3.63, 3.8) is 0 Å². The zero-order chi connectivity index (χ0) is 23.9. The van der Waals surface area contributed by atoms with E-state index in [0.29, 0.717) is 0 Å². The number of nitrogens with one attached hydrogen (secondary N) is 2. The fourth-order valence-corrected chi connectivity index (χ4v) is 4.59. The van der Waals surface area contributed by atoms with Crippen LogP contribution in [-0.2, 0) is 11.2 Å². The molecule has 0 bridgehead atoms. The van der Waals surface area contributed by atoms with Gasteiger partial charge in [-0.15, -0.1) is 0 Å². The third kappa shape index (κ3) is 5.85. The van der Waals surface area contributed by atoms with Crippen molar-refractivity contribution in [3.8, 4) is 0 Å². The van der Waals surface area contributed by atoms with E-state index in [4.69, 9.17) is 0 Å². The van der Waals surface area contributed by atoms with E-state index >= 15 is 0 Å². The molecule has 1 unspecified atom stereocenters. The molecule has 0 spiro atoms. The smallest absolute Gasteiger partial charge is 0.144 e. The normalized spacial score (nSPS) is 15.9. The largest absolute Gasteiger partial charge is 0.396 e. The molecule has 5 heteroatoms. The summed E-state index contributed by atoms with van der Waals surface area (Å²) in [6.45, 7) is 6.73. The van der Waals surface area contributed by atoms with Gasteiger partial charge in [-0.1, -0.05) is 71.8 Å². The Hall–Kier alpha value is -3.15. The van der Waals surface area contributed by atoms with E-state index in [1.807, 2.05) is 24.3 Å². The Kier molecular flexibility index (Phi) is 7.99. The van der Waals surface area contributed by atoms with Crippen LogP contribution in [0.5, 0.6) is 0 Å². The second kappa shape index (κ2) is 11.3. The van der Waals surface area contributed by atoms with E-state index in [1.54, 1.807) is 0 Å². The molecule has 1 saturated heterocycles. The van der Waals surface area contributed by atoms with Crippen molar-refractivity contribution in [1.82, 2.24) is 4.90 Å². The number of likely N-dealkylation sites (tertiary alicyclic amines) is 1. The average molecular weight is 458 g/mol. The number of hydrogen-bond donors (Lipinski definition) is 3. The van der Waals surface area contributed by atoms with E-state index in [2.05, 4.69) is 77.9 Å². The second-order valence-electron chi connectivity index (χ2n) is 9.37. The van der Waals surface area contributed by atoms with Gasteiger partial charge in [0, 0.05) is 32.2 Å². The molecule has 1 fully saturated rings. The highest BCUT2D eigenvalue weighted by Gasteiger charge is 2.37. The Bertz CT molecular complexity index is 1060. The maximum Gasteiger partial charge on any atom is 0.144 e. The highest BCUT2D eigenvalue weighted by molar-refractivity contribution is 5.74. The number of hydrogen-bond acceptors (Lipinski definition) is 5. The maximum absolute atomic E-state index is 12.4. The molecule has 0 aliphatic carbocycles. The van der Waals surface area contributed by atoms with Gasteiger partial charge in [0.25, 0.3) is 0 Å². The van der Waals surface area contributed by atoms with Gasteiger partial charge in [-0.25, -0.2) is 0 Å². The summed E-state index contributed by atoms with van der Waals surface area (Å²) in [5, 5.41) is 16.6. The number of carbonyl (C=O) groups excluding carboxylic acids is 1. The molecule has 2 atom stereocenters. The molecule has 0 amide bonds. The number of aldehydes is 1. The predicted octanol–water partition coefficient (Wildman–Crippen LogP) is 4.60. The van der Waals surface area contributed by atoms with Crippen LogP contribution in [0.3, 0.4) is 0 Å². The number of carbonyl (C=O) groups is 1. The number of nitrogens with zero attached hydrogens (tertiary/aromatic N) is 1. The first kappa shape index (κ1) is 24.0. The van der Waals surface area contributed by atoms with Crippen molar-refractivity contribution in [1.29, 1.82) is 0 Å². The lowest BCUT2D eigenvalue weighted by Gasteiger charge is -2.46. The summed E-state index contributed by atoms with van der Waals surface area (Å²) in [5.41, 5.74) is 6.77. The Balaban J connectivity index is 1.49. The number of anilines is 2. The van der Waals surface area contributed by atoms with Crippen molar-refractivity contribution >= 4 is 17.7 Å². The number of aryl methyl sites for hydroxylation is 2. The van der Waals surface area contributed by atoms with E-state index in [1.165, 1.54) is 16.7 Å². The second-order valence-corrected chi connectivity index (χ2v) is 9.37. The van der Waals surface area contributed by atoms with Gasteiger partial charge >= 0.3 is 0 Å². The summed E-state index contributed by atoms with van der Waals surface area (Å²) in [6, 6.07) is 24.6. The van der Waals surface area contributed by atoms with E-state index in [-0.39, 0.29) is 18.6 Å². The number of aliphatic hydroxyl groups is 1. The Morgan fingerprint density at radius 1 is 0.941 bits per heavy atom. The van der Waals surface area contributed by atoms with Gasteiger partial charge in [-0.2, -0.15) is 0 Å². The fourth-order valence-electron chi connectivity index (χ4n) is 4.59. The Morgan fingerprint density at radius 3 is 2.18 bits per heavy atom. The first-order valence-corrected chi connectivity index (χ1v) is 12.1. The molecule has 1 heterocycles. The van der Waals surface area contributed by atoms with Crippen LogP contribution in [0.25, 0.3) is 0 Å². The standard InChI is InChI=1S/C29H35N3O2/c1-21-7-11-23(12-8-21)15-16-30-26-5-3-4-6-27(26)31-28(20-34)29(32-17-24(18-32)19-33)25-13-9-22(2)10-14-25/h3-14,20,24,28-31,33H,15-19H2,1-2H3/t28-,29?/m1/s1. The molecule has 0 aromatic heterocycles. The summed E-state index contributed by atoms with van der Waals surface area (Å²) < 4.78 is 0. The van der Waals surface area contributed by atoms with Gasteiger partial charge < -0.3 is 20.5 Å². The molecular formula is C29H35N3O2. The molecule has 0 saturated carbocycles.